The first kappa shape index (κ1) is 10.2. The first-order chi connectivity index (χ1) is 8.65. The molecule has 2 aromatic heterocycles. The molecule has 0 unspecified atom stereocenters. The summed E-state index contributed by atoms with van der Waals surface area (Å²) in [6.07, 6.45) is 5.23. The van der Waals surface area contributed by atoms with Crippen molar-refractivity contribution in [2.45, 2.75) is 0 Å². The van der Waals surface area contributed by atoms with Gasteiger partial charge < -0.3 is 9.62 Å². The number of furan rings is 1. The highest BCUT2D eigenvalue weighted by Gasteiger charge is 2.18. The topological polar surface area (TPSA) is 77.4 Å². The first-order valence-electron chi connectivity index (χ1n) is 5.00. The summed E-state index contributed by atoms with van der Waals surface area (Å²) in [6.45, 7) is 0. The number of benzene rings is 1. The molecule has 88 valence electrons. The third-order valence-electron chi connectivity index (χ3n) is 2.68. The van der Waals surface area contributed by atoms with E-state index in [-0.39, 0.29) is 15.8 Å². The molecule has 0 bridgehead atoms. The lowest BCUT2D eigenvalue weighted by Gasteiger charge is -1.99. The van der Waals surface area contributed by atoms with Crippen LogP contribution in [0.4, 0.5) is 0 Å². The molecule has 3 aromatic rings. The minimum absolute atomic E-state index is 0.0649. The van der Waals surface area contributed by atoms with E-state index in [1.165, 1.54) is 0 Å². The number of fused-ring (bicyclic) bond motifs is 3. The Hall–Kier alpha value is -2.94. The first-order valence-corrected chi connectivity index (χ1v) is 5.00. The molecular formula is C12H6N2O4. The fourth-order valence-corrected chi connectivity index (χ4v) is 1.89. The molecule has 0 fully saturated rings. The van der Waals surface area contributed by atoms with Gasteiger partial charge in [0.15, 0.2) is 0 Å². The Kier molecular flexibility index (Phi) is 1.86. The highest BCUT2D eigenvalue weighted by molar-refractivity contribution is 6.02. The number of terminal acetylenes is 1. The highest BCUT2D eigenvalue weighted by Crippen LogP contribution is 2.24. The molecule has 3 rings (SSSR count). The van der Waals surface area contributed by atoms with Crippen molar-refractivity contribution < 1.29 is 9.62 Å². The number of para-hydroxylation sites is 1. The van der Waals surface area contributed by atoms with Gasteiger partial charge in [0.25, 0.3) is 0 Å². The van der Waals surface area contributed by atoms with Gasteiger partial charge >= 0.3 is 11.2 Å². The van der Waals surface area contributed by atoms with Crippen LogP contribution in [0, 0.1) is 12.5 Å². The smallest absolute Gasteiger partial charge is 0.377 e. The molecule has 0 atom stereocenters. The largest absolute Gasteiger partial charge is 0.448 e. The Morgan fingerprint density at radius 1 is 1.28 bits per heavy atom. The van der Waals surface area contributed by atoms with Crippen molar-refractivity contribution in [3.8, 4) is 12.5 Å². The van der Waals surface area contributed by atoms with Gasteiger partial charge in [-0.2, -0.15) is 0 Å². The molecule has 0 saturated heterocycles. The maximum Gasteiger partial charge on any atom is 0.377 e. The van der Waals surface area contributed by atoms with Gasteiger partial charge in [0.1, 0.15) is 11.1 Å². The zero-order valence-corrected chi connectivity index (χ0v) is 8.95. The van der Waals surface area contributed by atoms with Gasteiger partial charge in [0.2, 0.25) is 5.58 Å². The molecule has 18 heavy (non-hydrogen) atoms. The zero-order chi connectivity index (χ0) is 12.9. The molecule has 2 heterocycles. The van der Waals surface area contributed by atoms with Crippen molar-refractivity contribution in [3.63, 3.8) is 0 Å². The van der Waals surface area contributed by atoms with E-state index in [0.29, 0.717) is 11.0 Å². The monoisotopic (exact) mass is 242 g/mol. The third-order valence-corrected chi connectivity index (χ3v) is 2.68. The Bertz CT molecular complexity index is 937. The number of nitrogens with zero attached hydrogens (tertiary/aromatic N) is 2. The van der Waals surface area contributed by atoms with Crippen molar-refractivity contribution in [3.05, 3.63) is 45.1 Å². The summed E-state index contributed by atoms with van der Waals surface area (Å²) < 4.78 is 6.08. The van der Waals surface area contributed by atoms with E-state index in [0.717, 1.165) is 4.57 Å². The van der Waals surface area contributed by atoms with Crippen molar-refractivity contribution in [2.75, 3.05) is 0 Å². The van der Waals surface area contributed by atoms with E-state index < -0.39 is 11.2 Å². The lowest BCUT2D eigenvalue weighted by molar-refractivity contribution is 0.159. The molecule has 0 spiro atoms. The quantitative estimate of drug-likeness (QED) is 0.462. The molecule has 0 aliphatic carbocycles. The van der Waals surface area contributed by atoms with E-state index in [1.807, 2.05) is 0 Å². The van der Waals surface area contributed by atoms with Gasteiger partial charge in [-0.1, -0.05) is 23.3 Å². The minimum atomic E-state index is -0.999. The maximum absolute atomic E-state index is 11.7. The van der Waals surface area contributed by atoms with Gasteiger partial charge in [-0.15, -0.1) is 0 Å². The van der Waals surface area contributed by atoms with Crippen LogP contribution in [0.3, 0.4) is 0 Å². The fourth-order valence-electron chi connectivity index (χ4n) is 1.89. The summed E-state index contributed by atoms with van der Waals surface area (Å²) in [6, 6.07) is 8.88. The van der Waals surface area contributed by atoms with Gasteiger partial charge in [-0.05, 0) is 12.1 Å². The molecule has 0 radical (unpaired) electrons. The molecule has 1 N–H and O–H groups in total. The van der Waals surface area contributed by atoms with Crippen LogP contribution in [-0.4, -0.2) is 14.5 Å². The minimum Gasteiger partial charge on any atom is -0.448 e. The highest BCUT2D eigenvalue weighted by atomic mass is 16.5. The van der Waals surface area contributed by atoms with Crippen molar-refractivity contribution in [2.24, 2.45) is 0 Å². The summed E-state index contributed by atoms with van der Waals surface area (Å²) in [5, 5.41) is 9.90. The van der Waals surface area contributed by atoms with Crippen LogP contribution >= 0.6 is 0 Å². The molecule has 0 amide bonds. The average molecular weight is 242 g/mol. The molecule has 0 saturated carbocycles. The zero-order valence-electron chi connectivity index (χ0n) is 8.95. The fraction of sp³-hybridized carbons (Fsp3) is 0. The van der Waals surface area contributed by atoms with Crippen LogP contribution in [0.5, 0.6) is 0 Å². The van der Waals surface area contributed by atoms with Crippen LogP contribution in [0.2, 0.25) is 0 Å². The van der Waals surface area contributed by atoms with Crippen molar-refractivity contribution in [1.82, 2.24) is 9.30 Å². The average Bonchev–Trinajstić information content (AvgIpc) is 2.77. The second-order valence-corrected chi connectivity index (χ2v) is 3.64. The number of hydrogen-bond donors (Lipinski definition) is 1. The van der Waals surface area contributed by atoms with Gasteiger partial charge in [-0.25, -0.2) is 9.36 Å². The molecule has 6 nitrogen and oxygen atoms in total. The number of aromatic nitrogens is 2. The Morgan fingerprint density at radius 3 is 2.72 bits per heavy atom. The summed E-state index contributed by atoms with van der Waals surface area (Å²) in [5.74, 6) is 0. The lowest BCUT2D eigenvalue weighted by atomic mass is 10.2. The van der Waals surface area contributed by atoms with Crippen LogP contribution in [0.1, 0.15) is 0 Å². The molecule has 1 aromatic carbocycles. The Morgan fingerprint density at radius 2 is 2.00 bits per heavy atom. The SMILES string of the molecule is C#Cn1c(=O)n(O)c(=O)c2oc3ccccc3c21. The summed E-state index contributed by atoms with van der Waals surface area (Å²) in [7, 11) is 0. The van der Waals surface area contributed by atoms with Crippen molar-refractivity contribution in [1.29, 1.82) is 0 Å². The molecule has 0 aliphatic heterocycles. The number of hydrogen-bond acceptors (Lipinski definition) is 4. The van der Waals surface area contributed by atoms with Crippen molar-refractivity contribution >= 4 is 22.1 Å². The van der Waals surface area contributed by atoms with Gasteiger partial charge in [0.05, 0.1) is 0 Å². The van der Waals surface area contributed by atoms with Crippen LogP contribution in [0.15, 0.2) is 38.3 Å². The maximum atomic E-state index is 11.7. The van der Waals surface area contributed by atoms with Crippen LogP contribution in [0.25, 0.3) is 22.1 Å². The third kappa shape index (κ3) is 1.07. The van der Waals surface area contributed by atoms with Gasteiger partial charge in [-0.3, -0.25) is 4.79 Å². The second kappa shape index (κ2) is 3.28. The van der Waals surface area contributed by atoms with Gasteiger partial charge in [0, 0.05) is 11.4 Å². The standard InChI is InChI=1S/C12H6N2O4/c1-2-13-9-7-5-3-4-6-8(7)18-10(9)11(15)14(17)12(13)16/h1,3-6,17H. The van der Waals surface area contributed by atoms with E-state index in [9.17, 15) is 14.8 Å². The lowest BCUT2D eigenvalue weighted by Crippen LogP contribution is -2.37. The normalized spacial score (nSPS) is 10.8. The van der Waals surface area contributed by atoms with Crippen LogP contribution in [-0.2, 0) is 0 Å². The van der Waals surface area contributed by atoms with Crippen LogP contribution < -0.4 is 11.2 Å². The Balaban J connectivity index is 2.80. The van der Waals surface area contributed by atoms with E-state index in [2.05, 4.69) is 6.04 Å². The van der Waals surface area contributed by atoms with E-state index in [4.69, 9.17) is 10.8 Å². The number of rotatable bonds is 0. The second-order valence-electron chi connectivity index (χ2n) is 3.64. The summed E-state index contributed by atoms with van der Waals surface area (Å²) in [4.78, 5) is 23.4. The molecular weight excluding hydrogens is 236 g/mol. The Labute approximate surface area is 99.2 Å². The van der Waals surface area contributed by atoms with E-state index >= 15 is 0 Å². The van der Waals surface area contributed by atoms with E-state index in [1.54, 1.807) is 24.3 Å². The summed E-state index contributed by atoms with van der Waals surface area (Å²) >= 11 is 0. The molecule has 0 aliphatic rings. The molecule has 6 heteroatoms. The predicted octanol–water partition coefficient (Wildman–Crippen LogP) is 0.585. The predicted molar refractivity (Wildman–Crippen MR) is 63.7 cm³/mol. The summed E-state index contributed by atoms with van der Waals surface area (Å²) in [5.41, 5.74) is -1.48.